The van der Waals surface area contributed by atoms with E-state index in [1.165, 1.54) is 63.6 Å². The van der Waals surface area contributed by atoms with Crippen molar-refractivity contribution in [3.05, 3.63) is 329 Å². The van der Waals surface area contributed by atoms with Crippen LogP contribution in [0.25, 0.3) is 17.1 Å². The summed E-state index contributed by atoms with van der Waals surface area (Å²) in [7, 11) is 0. The molecule has 0 fully saturated rings. The predicted octanol–water partition coefficient (Wildman–Crippen LogP) is 21.2. The zero-order chi connectivity index (χ0) is 84.1. The first-order valence-corrected chi connectivity index (χ1v) is 40.7. The Balaban J connectivity index is 0.000000148. The molecular weight excluding hydrogens is 1620 g/mol. The molecule has 30 heteroatoms. The molecule has 0 radical (unpaired) electrons. The Morgan fingerprint density at radius 3 is 0.983 bits per heavy atom. The van der Waals surface area contributed by atoms with Crippen molar-refractivity contribution >= 4 is 51.1 Å². The number of nitrogens with one attached hydrogen (secondary N) is 3. The van der Waals surface area contributed by atoms with Gasteiger partial charge in [0.25, 0.3) is 0 Å². The predicted molar refractivity (Wildman–Crippen MR) is 441 cm³/mol. The highest BCUT2D eigenvalue weighted by molar-refractivity contribution is 7.10. The highest BCUT2D eigenvalue weighted by atomic mass is 32.1. The highest BCUT2D eigenvalue weighted by Gasteiger charge is 2.34. The molecule has 8 heterocycles. The molecule has 0 atom stereocenters. The van der Waals surface area contributed by atoms with Gasteiger partial charge in [-0.05, 0) is 140 Å². The largest absolute Gasteiger partial charge is 0.467 e. The van der Waals surface area contributed by atoms with E-state index in [0.717, 1.165) is 111 Å². The van der Waals surface area contributed by atoms with Crippen molar-refractivity contribution in [3.63, 3.8) is 0 Å². The van der Waals surface area contributed by atoms with Crippen LogP contribution in [0, 0.1) is 0 Å². The van der Waals surface area contributed by atoms with Crippen LogP contribution in [0.3, 0.4) is 0 Å². The summed E-state index contributed by atoms with van der Waals surface area (Å²) in [6, 6.07) is 51.6. The number of fused-ring (bicyclic) bond motifs is 4. The Morgan fingerprint density at radius 2 is 0.633 bits per heavy atom. The van der Waals surface area contributed by atoms with Crippen molar-refractivity contribution in [2.24, 2.45) is 0 Å². The number of aromatic nitrogens is 3. The first-order valence-electron chi connectivity index (χ1n) is 38.0. The molecule has 0 bridgehead atoms. The summed E-state index contributed by atoms with van der Waals surface area (Å²) in [5.74, 6) is 6.48. The summed E-state index contributed by atoms with van der Waals surface area (Å²) < 4.78 is 168. The van der Waals surface area contributed by atoms with Crippen LogP contribution in [0.5, 0.6) is 46.0 Å². The summed E-state index contributed by atoms with van der Waals surface area (Å²) >= 11 is 4.49. The van der Waals surface area contributed by atoms with Crippen molar-refractivity contribution in [3.8, 4) is 46.0 Å². The topological polar surface area (TPSA) is 171 Å². The summed E-state index contributed by atoms with van der Waals surface area (Å²) in [5.41, 5.74) is 10.2. The van der Waals surface area contributed by atoms with E-state index in [1.54, 1.807) is 47.2 Å². The van der Waals surface area contributed by atoms with E-state index >= 15 is 0 Å². The van der Waals surface area contributed by atoms with Crippen LogP contribution >= 0.6 is 34.0 Å². The van der Waals surface area contributed by atoms with Crippen molar-refractivity contribution in [1.82, 2.24) is 45.6 Å². The Kier molecular flexibility index (Phi) is 26.6. The van der Waals surface area contributed by atoms with E-state index in [2.05, 4.69) is 113 Å². The monoisotopic (exact) mass is 1700 g/mol. The maximum absolute atomic E-state index is 13.4. The Morgan fingerprint density at radius 1 is 0.333 bits per heavy atom. The second kappa shape index (κ2) is 37.7. The van der Waals surface area contributed by atoms with Gasteiger partial charge in [-0.15, -0.1) is 34.0 Å². The molecule has 120 heavy (non-hydrogen) atoms. The number of rotatable bonds is 30. The summed E-state index contributed by atoms with van der Waals surface area (Å²) in [6.07, 6.45) is -11.6. The lowest BCUT2D eigenvalue weighted by molar-refractivity contribution is -0.138. The Labute approximate surface area is 699 Å². The molecule has 0 saturated carbocycles. The van der Waals surface area contributed by atoms with Gasteiger partial charge in [-0.25, -0.2) is 15.0 Å². The van der Waals surface area contributed by atoms with Gasteiger partial charge in [0.05, 0.1) is 83.3 Å². The van der Waals surface area contributed by atoms with Gasteiger partial charge in [-0.2, -0.15) is 39.5 Å². The Hall–Kier alpha value is -11.8. The first kappa shape index (κ1) is 84.6. The number of nitrogens with zero attached hydrogens (tertiary/aromatic N) is 6. The molecule has 4 aliphatic rings. The average Bonchev–Trinajstić information content (AvgIpc) is 1.82. The zero-order valence-electron chi connectivity index (χ0n) is 65.5. The number of hydrogen-bond donors (Lipinski definition) is 3. The molecule has 16 rings (SSSR count). The fourth-order valence-corrected chi connectivity index (χ4v) is 15.9. The van der Waals surface area contributed by atoms with E-state index < -0.39 is 35.2 Å². The van der Waals surface area contributed by atoms with E-state index in [1.807, 2.05) is 77.0 Å². The van der Waals surface area contributed by atoms with Crippen LogP contribution in [0.15, 0.2) is 229 Å². The van der Waals surface area contributed by atoms with Crippen molar-refractivity contribution < 1.29 is 81.8 Å². The van der Waals surface area contributed by atoms with E-state index in [0.29, 0.717) is 119 Å². The van der Waals surface area contributed by atoms with Gasteiger partial charge >= 0.3 is 18.5 Å². The molecule has 12 aromatic rings. The molecule has 18 nitrogen and oxygen atoms in total. The average molecular weight is 1700 g/mol. The van der Waals surface area contributed by atoms with Crippen molar-refractivity contribution in [2.75, 3.05) is 27.2 Å². The van der Waals surface area contributed by atoms with Gasteiger partial charge in [0.2, 0.25) is 27.2 Å². The van der Waals surface area contributed by atoms with Crippen molar-refractivity contribution in [1.29, 1.82) is 0 Å². The molecule has 4 aromatic heterocycles. The van der Waals surface area contributed by atoms with Crippen LogP contribution in [0.4, 0.5) is 39.5 Å². The smallest absolute Gasteiger partial charge is 0.416 e. The van der Waals surface area contributed by atoms with Gasteiger partial charge in [0, 0.05) is 68.5 Å². The minimum absolute atomic E-state index is 0.125. The first-order chi connectivity index (χ1) is 57.6. The molecule has 0 amide bonds. The van der Waals surface area contributed by atoms with E-state index in [9.17, 15) is 39.5 Å². The van der Waals surface area contributed by atoms with Gasteiger partial charge in [-0.1, -0.05) is 138 Å². The number of ether oxygens (including phenoxy) is 8. The zero-order valence-corrected chi connectivity index (χ0v) is 68.0. The van der Waals surface area contributed by atoms with Gasteiger partial charge in [0.15, 0.2) is 46.0 Å². The molecule has 0 aliphatic carbocycles. The third-order valence-corrected chi connectivity index (χ3v) is 22.0. The third-order valence-electron chi connectivity index (χ3n) is 19.5. The van der Waals surface area contributed by atoms with E-state index in [4.69, 9.17) is 52.3 Å². The number of alkyl halides is 9. The maximum Gasteiger partial charge on any atom is 0.416 e. The molecule has 0 spiro atoms. The fourth-order valence-electron chi connectivity index (χ4n) is 13.3. The third kappa shape index (κ3) is 23.2. The summed E-state index contributed by atoms with van der Waals surface area (Å²) in [4.78, 5) is 20.7. The molecule has 8 aromatic carbocycles. The summed E-state index contributed by atoms with van der Waals surface area (Å²) in [5, 5.41) is 17.9. The number of benzene rings is 8. The molecule has 0 saturated heterocycles. The quantitative estimate of drug-likeness (QED) is 0.0363. The minimum Gasteiger partial charge on any atom is -0.467 e. The Bertz CT molecular complexity index is 5550. The molecule has 0 unspecified atom stereocenters. The van der Waals surface area contributed by atoms with Gasteiger partial charge in [-0.3, -0.25) is 14.7 Å². The number of furan rings is 1. The fraction of sp³-hybridized carbons (Fsp3) is 0.256. The molecule has 4 aliphatic heterocycles. The molecule has 624 valence electrons. The standard InChI is InChI=1S/C30H25F6N3O2S.C30H26F3N3O4S.C30H33N3O3S/c1-19(37-13-20-4-2-6-23(10-20)29(31,32)33)25-17-42-28(38-25)16-39(14-21-5-3-7-24(11-21)30(34,35)36)15-22-8-9-26-27(12-22)41-18-40-26;1-19(34-12-20-5-7-25-27(10-20)39-17-37-25)24-16-41-29(35-24)15-36(13-21-3-2-4-23(9-21)30(31,32)33)14-22-6-8-26-28(11-22)40-18-38-26;1-21(31-15-25-6-5-13-34-25)26-19-37-29(32-26)18-33(16-22-7-10-24(11-8-22)30(2,3)4)17-23-9-12-27-28(14-23)36-20-35-27/h2-12,17,37H,1,13-16,18H2;2-11,16,34H,1,12-15,17-18H2;5-14,19,31H,1,15-18,20H2,2-4H3. The summed E-state index contributed by atoms with van der Waals surface area (Å²) in [6.45, 7) is 25.5. The van der Waals surface area contributed by atoms with Crippen LogP contribution in [0.2, 0.25) is 0 Å². The van der Waals surface area contributed by atoms with Crippen molar-refractivity contribution in [2.45, 2.75) is 123 Å². The van der Waals surface area contributed by atoms with Crippen LogP contribution in [-0.2, 0) is 102 Å². The SMILES string of the molecule is C=C(NCc1ccc2c(c1)OCO2)c1csc(CN(Cc2cccc(C(F)(F)F)c2)Cc2ccc3c(c2)OCO3)n1.C=C(NCc1cccc(C(F)(F)F)c1)c1csc(CN(Cc2cccc(C(F)(F)F)c2)Cc2ccc3c(c2)OCO3)n1.C=C(NCc1ccco1)c1csc(CN(Cc2ccc(C(C)(C)C)cc2)Cc2ccc3c(c2)OCO3)n1. The molecular formula is C90H84F9N9O9S3. The second-order valence-corrected chi connectivity index (χ2v) is 32.5. The number of thiazole rings is 3. The lowest BCUT2D eigenvalue weighted by Crippen LogP contribution is -2.23. The van der Waals surface area contributed by atoms with E-state index in [-0.39, 0.29) is 45.7 Å². The molecule has 3 N–H and O–H groups in total. The van der Waals surface area contributed by atoms with Gasteiger partial charge in [0.1, 0.15) is 20.8 Å². The minimum atomic E-state index is -4.45. The second-order valence-electron chi connectivity index (χ2n) is 29.7. The maximum atomic E-state index is 13.4. The van der Waals surface area contributed by atoms with Gasteiger partial charge < -0.3 is 58.3 Å². The number of hydrogen-bond acceptors (Lipinski definition) is 21. The van der Waals surface area contributed by atoms with Crippen LogP contribution in [-0.4, -0.2) is 56.8 Å². The van der Waals surface area contributed by atoms with Crippen LogP contribution < -0.4 is 53.8 Å². The lowest BCUT2D eigenvalue weighted by atomic mass is 9.87. The van der Waals surface area contributed by atoms with Crippen LogP contribution in [0.1, 0.15) is 125 Å². The highest BCUT2D eigenvalue weighted by Crippen LogP contribution is 2.40. The number of halogens is 9. The normalized spacial score (nSPS) is 13.1. The lowest BCUT2D eigenvalue weighted by Gasteiger charge is -2.23.